The van der Waals surface area contributed by atoms with Crippen LogP contribution in [0.25, 0.3) is 0 Å². The monoisotopic (exact) mass is 262 g/mol. The molecule has 0 fully saturated rings. The molecule has 0 radical (unpaired) electrons. The fourth-order valence-corrected chi connectivity index (χ4v) is 1.59. The Morgan fingerprint density at radius 1 is 1.53 bits per heavy atom. The van der Waals surface area contributed by atoms with E-state index in [2.05, 4.69) is 15.5 Å². The number of nitrogens with zero attached hydrogens (tertiary/aromatic N) is 2. The number of nitrogens with one attached hydrogen (secondary N) is 1. The smallest absolute Gasteiger partial charge is 0.335 e. The number of carboxylic acids is 1. The van der Waals surface area contributed by atoms with E-state index in [-0.39, 0.29) is 5.56 Å². The van der Waals surface area contributed by atoms with E-state index in [0.29, 0.717) is 36.1 Å². The number of hydrogen-bond acceptors (Lipinski definition) is 6. The summed E-state index contributed by atoms with van der Waals surface area (Å²) in [6.45, 7) is 2.25. The zero-order valence-electron chi connectivity index (χ0n) is 10.4. The van der Waals surface area contributed by atoms with Crippen molar-refractivity contribution < 1.29 is 14.4 Å². The SMILES string of the molecule is Cc1nc(CCNc2cc(C(=O)O)ccc2N)no1. The zero-order chi connectivity index (χ0) is 13.8. The zero-order valence-corrected chi connectivity index (χ0v) is 10.4. The number of carbonyl (C=O) groups is 1. The van der Waals surface area contributed by atoms with Crippen molar-refractivity contribution in [3.8, 4) is 0 Å². The summed E-state index contributed by atoms with van der Waals surface area (Å²) in [5, 5.41) is 15.7. The molecule has 1 aromatic carbocycles. The quantitative estimate of drug-likeness (QED) is 0.696. The highest BCUT2D eigenvalue weighted by atomic mass is 16.5. The standard InChI is InChI=1S/C12H14N4O3/c1-7-15-11(16-19-7)4-5-14-10-6-8(12(17)18)2-3-9(10)13/h2-3,6,14H,4-5,13H2,1H3,(H,17,18). The van der Waals surface area contributed by atoms with Crippen LogP contribution in [0.4, 0.5) is 11.4 Å². The van der Waals surface area contributed by atoms with Crippen molar-refractivity contribution in [2.75, 3.05) is 17.6 Å². The predicted octanol–water partition coefficient (Wildman–Crippen LogP) is 1.31. The topological polar surface area (TPSA) is 114 Å². The molecule has 0 aliphatic heterocycles. The Balaban J connectivity index is 1.99. The number of benzene rings is 1. The lowest BCUT2D eigenvalue weighted by Crippen LogP contribution is -2.09. The van der Waals surface area contributed by atoms with Gasteiger partial charge in [-0.05, 0) is 18.2 Å². The van der Waals surface area contributed by atoms with Crippen LogP contribution in [-0.4, -0.2) is 27.8 Å². The molecular weight excluding hydrogens is 248 g/mol. The van der Waals surface area contributed by atoms with Crippen molar-refractivity contribution in [3.05, 3.63) is 35.5 Å². The van der Waals surface area contributed by atoms with E-state index in [1.807, 2.05) is 0 Å². The Bertz CT molecular complexity index is 594. The highest BCUT2D eigenvalue weighted by Crippen LogP contribution is 2.19. The average molecular weight is 262 g/mol. The Hall–Kier alpha value is -2.57. The molecule has 0 aliphatic rings. The number of aromatic nitrogens is 2. The summed E-state index contributed by atoms with van der Waals surface area (Å²) in [6.07, 6.45) is 0.564. The van der Waals surface area contributed by atoms with Gasteiger partial charge in [-0.3, -0.25) is 0 Å². The van der Waals surface area contributed by atoms with Crippen LogP contribution in [-0.2, 0) is 6.42 Å². The Morgan fingerprint density at radius 3 is 2.95 bits per heavy atom. The average Bonchev–Trinajstić information content (AvgIpc) is 2.77. The van der Waals surface area contributed by atoms with Gasteiger partial charge in [0.15, 0.2) is 5.82 Å². The summed E-state index contributed by atoms with van der Waals surface area (Å²) in [7, 11) is 0. The summed E-state index contributed by atoms with van der Waals surface area (Å²) < 4.78 is 4.85. The fraction of sp³-hybridized carbons (Fsp3) is 0.250. The first-order valence-electron chi connectivity index (χ1n) is 5.72. The molecule has 0 bridgehead atoms. The number of nitrogen functional groups attached to an aromatic ring is 1. The molecule has 0 saturated heterocycles. The number of aryl methyl sites for hydroxylation is 1. The molecule has 1 heterocycles. The Labute approximate surface area is 109 Å². The summed E-state index contributed by atoms with van der Waals surface area (Å²) in [5.74, 6) is 0.122. The second kappa shape index (κ2) is 5.38. The third-order valence-electron chi connectivity index (χ3n) is 2.53. The summed E-state index contributed by atoms with van der Waals surface area (Å²) in [4.78, 5) is 14.9. The minimum absolute atomic E-state index is 0.187. The highest BCUT2D eigenvalue weighted by molar-refractivity contribution is 5.90. The Kier molecular flexibility index (Phi) is 3.65. The molecule has 0 amide bonds. The van der Waals surface area contributed by atoms with Gasteiger partial charge in [-0.2, -0.15) is 4.98 Å². The maximum Gasteiger partial charge on any atom is 0.335 e. The van der Waals surface area contributed by atoms with E-state index in [9.17, 15) is 4.79 Å². The van der Waals surface area contributed by atoms with Crippen LogP contribution in [0.5, 0.6) is 0 Å². The molecule has 0 aliphatic carbocycles. The van der Waals surface area contributed by atoms with Crippen LogP contribution in [0.15, 0.2) is 22.7 Å². The lowest BCUT2D eigenvalue weighted by atomic mass is 10.1. The van der Waals surface area contributed by atoms with Gasteiger partial charge in [0.05, 0.1) is 16.9 Å². The number of hydrogen-bond donors (Lipinski definition) is 3. The van der Waals surface area contributed by atoms with Crippen molar-refractivity contribution in [1.29, 1.82) is 0 Å². The van der Waals surface area contributed by atoms with Crippen molar-refractivity contribution in [2.24, 2.45) is 0 Å². The summed E-state index contributed by atoms with van der Waals surface area (Å²) >= 11 is 0. The molecule has 2 rings (SSSR count). The third kappa shape index (κ3) is 3.21. The molecule has 0 spiro atoms. The lowest BCUT2D eigenvalue weighted by Gasteiger charge is -2.09. The molecule has 1 aromatic heterocycles. The predicted molar refractivity (Wildman–Crippen MR) is 69.0 cm³/mol. The fourth-order valence-electron chi connectivity index (χ4n) is 1.59. The van der Waals surface area contributed by atoms with Gasteiger partial charge in [0.1, 0.15) is 0 Å². The maximum absolute atomic E-state index is 10.9. The van der Waals surface area contributed by atoms with Gasteiger partial charge in [0.2, 0.25) is 5.89 Å². The normalized spacial score (nSPS) is 10.4. The summed E-state index contributed by atoms with van der Waals surface area (Å²) in [5.41, 5.74) is 7.03. The van der Waals surface area contributed by atoms with Crippen LogP contribution in [0.1, 0.15) is 22.1 Å². The third-order valence-corrected chi connectivity index (χ3v) is 2.53. The molecule has 100 valence electrons. The van der Waals surface area contributed by atoms with Gasteiger partial charge >= 0.3 is 5.97 Å². The van der Waals surface area contributed by atoms with Crippen LogP contribution in [0.2, 0.25) is 0 Å². The maximum atomic E-state index is 10.9. The largest absolute Gasteiger partial charge is 0.478 e. The second-order valence-corrected chi connectivity index (χ2v) is 4.01. The molecule has 19 heavy (non-hydrogen) atoms. The van der Waals surface area contributed by atoms with E-state index >= 15 is 0 Å². The van der Waals surface area contributed by atoms with E-state index < -0.39 is 5.97 Å². The van der Waals surface area contributed by atoms with Crippen LogP contribution in [0.3, 0.4) is 0 Å². The molecule has 2 aromatic rings. The van der Waals surface area contributed by atoms with Crippen molar-refractivity contribution in [2.45, 2.75) is 13.3 Å². The molecule has 0 unspecified atom stereocenters. The molecule has 4 N–H and O–H groups in total. The van der Waals surface area contributed by atoms with Gasteiger partial charge < -0.3 is 20.7 Å². The first-order chi connectivity index (χ1) is 9.06. The van der Waals surface area contributed by atoms with Gasteiger partial charge in [0.25, 0.3) is 0 Å². The molecular formula is C12H14N4O3. The van der Waals surface area contributed by atoms with E-state index in [4.69, 9.17) is 15.4 Å². The number of nitrogens with two attached hydrogens (primary N) is 1. The molecule has 7 nitrogen and oxygen atoms in total. The molecule has 7 heteroatoms. The minimum Gasteiger partial charge on any atom is -0.478 e. The van der Waals surface area contributed by atoms with Crippen molar-refractivity contribution >= 4 is 17.3 Å². The first-order valence-corrected chi connectivity index (χ1v) is 5.72. The van der Waals surface area contributed by atoms with E-state index in [1.165, 1.54) is 12.1 Å². The number of anilines is 2. The lowest BCUT2D eigenvalue weighted by molar-refractivity contribution is 0.0697. The Morgan fingerprint density at radius 2 is 2.32 bits per heavy atom. The van der Waals surface area contributed by atoms with Gasteiger partial charge in [-0.15, -0.1) is 0 Å². The van der Waals surface area contributed by atoms with E-state index in [1.54, 1.807) is 13.0 Å². The number of aromatic carboxylic acids is 1. The van der Waals surface area contributed by atoms with Crippen LogP contribution in [0, 0.1) is 6.92 Å². The van der Waals surface area contributed by atoms with Crippen LogP contribution < -0.4 is 11.1 Å². The van der Waals surface area contributed by atoms with Crippen molar-refractivity contribution in [1.82, 2.24) is 10.1 Å². The molecule has 0 saturated carbocycles. The summed E-state index contributed by atoms with van der Waals surface area (Å²) in [6, 6.07) is 4.52. The van der Waals surface area contributed by atoms with Gasteiger partial charge in [0, 0.05) is 19.9 Å². The minimum atomic E-state index is -0.989. The van der Waals surface area contributed by atoms with Crippen LogP contribution >= 0.6 is 0 Å². The highest BCUT2D eigenvalue weighted by Gasteiger charge is 2.07. The van der Waals surface area contributed by atoms with Gasteiger partial charge in [-0.1, -0.05) is 5.16 Å². The number of rotatable bonds is 5. The second-order valence-electron chi connectivity index (χ2n) is 4.01. The first kappa shape index (κ1) is 12.9. The molecule has 0 atom stereocenters. The number of carboxylic acid groups (broad SMARTS) is 1. The van der Waals surface area contributed by atoms with E-state index in [0.717, 1.165) is 0 Å². The van der Waals surface area contributed by atoms with Gasteiger partial charge in [-0.25, -0.2) is 4.79 Å². The van der Waals surface area contributed by atoms with Crippen molar-refractivity contribution in [3.63, 3.8) is 0 Å².